The fourth-order valence-electron chi connectivity index (χ4n) is 0.707. The van der Waals surface area contributed by atoms with E-state index in [1.807, 2.05) is 0 Å². The molecule has 0 aliphatic carbocycles. The molecular formula is C7H4CaNO4+. The van der Waals surface area contributed by atoms with E-state index in [0.717, 1.165) is 0 Å². The zero-order valence-corrected chi connectivity index (χ0v) is 8.78. The van der Waals surface area contributed by atoms with Crippen LogP contribution in [0.4, 0.5) is 0 Å². The van der Waals surface area contributed by atoms with Crippen LogP contribution < -0.4 is 15.2 Å². The van der Waals surface area contributed by atoms with Gasteiger partial charge in [-0.1, -0.05) is 0 Å². The van der Waals surface area contributed by atoms with Crippen molar-refractivity contribution < 1.29 is 24.8 Å². The van der Waals surface area contributed by atoms with E-state index in [2.05, 4.69) is 4.98 Å². The molecule has 0 atom stereocenters. The number of carbonyl (C=O) groups excluding carboxylic acids is 2. The fourth-order valence-corrected chi connectivity index (χ4v) is 0.707. The Hall–Kier alpha value is -0.650. The maximum atomic E-state index is 10.2. The van der Waals surface area contributed by atoms with E-state index in [1.54, 1.807) is 0 Å². The van der Waals surface area contributed by atoms with Crippen LogP contribution in [0.25, 0.3) is 0 Å². The van der Waals surface area contributed by atoms with E-state index in [4.69, 9.17) is 0 Å². The minimum Gasteiger partial charge on any atom is -0.539 e. The Morgan fingerprint density at radius 1 is 1.08 bits per heavy atom. The normalized spacial score (nSPS) is 8.62. The van der Waals surface area contributed by atoms with Gasteiger partial charge in [0.25, 0.3) is 0 Å². The molecule has 0 fully saturated rings. The summed E-state index contributed by atoms with van der Waals surface area (Å²) >= 11 is 0. The molecule has 0 saturated heterocycles. The topological polar surface area (TPSA) is 94.4 Å². The fraction of sp³-hybridized carbons (Fsp3) is 0. The van der Waals surface area contributed by atoms with Crippen molar-refractivity contribution >= 4 is 49.7 Å². The first-order chi connectivity index (χ1) is 5.61. The minimum absolute atomic E-state index is 0. The van der Waals surface area contributed by atoms with E-state index in [0.29, 0.717) is 0 Å². The monoisotopic (exact) mass is 206 g/mol. The molecule has 0 aliphatic rings. The molecule has 1 heterocycles. The number of nitrogens with one attached hydrogen (secondary N) is 1. The predicted molar refractivity (Wildman–Crippen MR) is 37.4 cm³/mol. The summed E-state index contributed by atoms with van der Waals surface area (Å²) in [7, 11) is 0. The third kappa shape index (κ3) is 3.30. The number of hydrogen-bond acceptors (Lipinski definition) is 4. The van der Waals surface area contributed by atoms with Gasteiger partial charge in [0.1, 0.15) is 11.9 Å². The number of carboxylic acid groups (broad SMARTS) is 2. The van der Waals surface area contributed by atoms with E-state index < -0.39 is 11.9 Å². The van der Waals surface area contributed by atoms with Gasteiger partial charge in [-0.3, -0.25) is 0 Å². The molecule has 0 radical (unpaired) electrons. The zero-order chi connectivity index (χ0) is 9.14. The molecule has 1 rings (SSSR count). The van der Waals surface area contributed by atoms with Crippen molar-refractivity contribution in [2.75, 3.05) is 0 Å². The zero-order valence-electron chi connectivity index (χ0n) is 6.57. The Bertz CT molecular complexity index is 310. The van der Waals surface area contributed by atoms with Crippen LogP contribution >= 0.6 is 0 Å². The third-order valence-electron chi connectivity index (χ3n) is 1.23. The molecule has 1 aromatic rings. The number of H-pyrrole nitrogens is 1. The summed E-state index contributed by atoms with van der Waals surface area (Å²) < 4.78 is 0. The molecular weight excluding hydrogens is 202 g/mol. The van der Waals surface area contributed by atoms with Crippen molar-refractivity contribution in [3.05, 3.63) is 29.6 Å². The largest absolute Gasteiger partial charge is 2.00 e. The smallest absolute Gasteiger partial charge is 0.539 e. The Balaban J connectivity index is 0.00000144. The van der Waals surface area contributed by atoms with Crippen molar-refractivity contribution in [3.63, 3.8) is 0 Å². The van der Waals surface area contributed by atoms with Gasteiger partial charge in [-0.25, -0.2) is 4.98 Å². The summed E-state index contributed by atoms with van der Waals surface area (Å²) in [5, 5.41) is 20.4. The molecule has 5 nitrogen and oxygen atoms in total. The van der Waals surface area contributed by atoms with Gasteiger partial charge in [0.2, 0.25) is 11.4 Å². The number of carboxylic acids is 2. The number of rotatable bonds is 2. The molecule has 0 aliphatic heterocycles. The molecule has 13 heavy (non-hydrogen) atoms. The molecule has 0 spiro atoms. The Morgan fingerprint density at radius 2 is 1.46 bits per heavy atom. The van der Waals surface area contributed by atoms with Crippen molar-refractivity contribution in [3.8, 4) is 0 Å². The number of aromatic amines is 1. The second-order valence-electron chi connectivity index (χ2n) is 2.05. The molecule has 0 bridgehead atoms. The minimum atomic E-state index is -1.46. The van der Waals surface area contributed by atoms with Crippen LogP contribution in [-0.2, 0) is 0 Å². The van der Waals surface area contributed by atoms with Crippen LogP contribution in [0.1, 0.15) is 21.0 Å². The van der Waals surface area contributed by atoms with Crippen molar-refractivity contribution in [2.45, 2.75) is 0 Å². The number of hydrogen-bond donors (Lipinski definition) is 0. The molecule has 0 unspecified atom stereocenters. The number of aromatic nitrogens is 1. The third-order valence-corrected chi connectivity index (χ3v) is 1.23. The van der Waals surface area contributed by atoms with Crippen molar-refractivity contribution in [2.24, 2.45) is 0 Å². The summed E-state index contributed by atoms with van der Waals surface area (Å²) in [6.07, 6.45) is 0. The summed E-state index contributed by atoms with van der Waals surface area (Å²) in [5.74, 6) is -2.92. The molecule has 0 amide bonds. The first-order valence-electron chi connectivity index (χ1n) is 3.06. The van der Waals surface area contributed by atoms with Crippen molar-refractivity contribution in [1.29, 1.82) is 0 Å². The SMILES string of the molecule is O=C([O-])c1cccc(C(=O)[O-])[nH+]1.[Ca+2]. The Morgan fingerprint density at radius 3 is 1.77 bits per heavy atom. The quantitative estimate of drug-likeness (QED) is 0.477. The average molecular weight is 206 g/mol. The average Bonchev–Trinajstić information content (AvgIpc) is 2.04. The maximum absolute atomic E-state index is 10.2. The van der Waals surface area contributed by atoms with Crippen LogP contribution in [0.15, 0.2) is 18.2 Å². The van der Waals surface area contributed by atoms with E-state index in [9.17, 15) is 19.8 Å². The van der Waals surface area contributed by atoms with E-state index in [-0.39, 0.29) is 49.1 Å². The molecule has 1 aromatic heterocycles. The van der Waals surface area contributed by atoms with Gasteiger partial charge in [-0.2, -0.15) is 0 Å². The van der Waals surface area contributed by atoms with E-state index in [1.165, 1.54) is 18.2 Å². The first kappa shape index (κ1) is 12.3. The number of carbonyl (C=O) groups is 2. The van der Waals surface area contributed by atoms with Gasteiger partial charge in [-0.05, 0) is 6.07 Å². The maximum Gasteiger partial charge on any atom is 2.00 e. The first-order valence-corrected chi connectivity index (χ1v) is 3.06. The van der Waals surface area contributed by atoms with E-state index >= 15 is 0 Å². The van der Waals surface area contributed by atoms with Crippen LogP contribution in [-0.4, -0.2) is 49.7 Å². The van der Waals surface area contributed by atoms with Gasteiger partial charge in [0.05, 0.1) is 0 Å². The number of pyridine rings is 1. The second-order valence-corrected chi connectivity index (χ2v) is 2.05. The van der Waals surface area contributed by atoms with Gasteiger partial charge in [0.15, 0.2) is 0 Å². The van der Waals surface area contributed by atoms with Gasteiger partial charge in [0, 0.05) is 12.1 Å². The summed E-state index contributed by atoms with van der Waals surface area (Å²) in [6, 6.07) is 3.68. The number of aromatic carboxylic acids is 2. The van der Waals surface area contributed by atoms with Crippen LogP contribution in [0, 0.1) is 0 Å². The molecule has 6 heteroatoms. The predicted octanol–water partition coefficient (Wildman–Crippen LogP) is -3.15. The Kier molecular flexibility index (Phi) is 4.90. The molecule has 62 valence electrons. The standard InChI is InChI=1S/C7H5NO4.Ca/c9-6(10)4-2-1-3-5(8-4)7(11)12;/h1-3H,(H,9,10)(H,11,12);/q;+2/p-1. The summed E-state index contributed by atoms with van der Waals surface area (Å²) in [4.78, 5) is 22.6. The van der Waals surface area contributed by atoms with Crippen LogP contribution in [0.2, 0.25) is 0 Å². The van der Waals surface area contributed by atoms with Crippen molar-refractivity contribution in [1.82, 2.24) is 0 Å². The van der Waals surface area contributed by atoms with Crippen LogP contribution in [0.3, 0.4) is 0 Å². The molecule has 0 saturated carbocycles. The van der Waals surface area contributed by atoms with Crippen LogP contribution in [0.5, 0.6) is 0 Å². The van der Waals surface area contributed by atoms with Gasteiger partial charge >= 0.3 is 37.7 Å². The molecule has 0 aromatic carbocycles. The second kappa shape index (κ2) is 5.16. The summed E-state index contributed by atoms with van der Waals surface area (Å²) in [5.41, 5.74) is -0.589. The summed E-state index contributed by atoms with van der Waals surface area (Å²) in [6.45, 7) is 0. The van der Waals surface area contributed by atoms with Gasteiger partial charge in [-0.15, -0.1) is 0 Å². The van der Waals surface area contributed by atoms with Gasteiger partial charge < -0.3 is 19.8 Å². The Labute approximate surface area is 103 Å². The molecule has 1 N–H and O–H groups in total.